The average molecular weight is 275 g/mol. The second-order valence-electron chi connectivity index (χ2n) is 4.74. The van der Waals surface area contributed by atoms with Gasteiger partial charge in [-0.15, -0.1) is 0 Å². The highest BCUT2D eigenvalue weighted by molar-refractivity contribution is 5.87. The number of aromatic hydroxyl groups is 1. The van der Waals surface area contributed by atoms with Gasteiger partial charge >= 0.3 is 0 Å². The number of hydrogen-bond acceptors (Lipinski definition) is 4. The van der Waals surface area contributed by atoms with E-state index in [-0.39, 0.29) is 5.75 Å². The molecule has 0 radical (unpaired) electrons. The predicted molar refractivity (Wildman–Crippen MR) is 82.6 cm³/mol. The van der Waals surface area contributed by atoms with E-state index in [0.717, 1.165) is 16.6 Å². The van der Waals surface area contributed by atoms with Crippen LogP contribution in [0.3, 0.4) is 0 Å². The molecule has 0 saturated carbocycles. The van der Waals surface area contributed by atoms with Crippen LogP contribution in [0.25, 0.3) is 10.9 Å². The fourth-order valence-corrected chi connectivity index (χ4v) is 2.26. The molecule has 0 aliphatic heterocycles. The summed E-state index contributed by atoms with van der Waals surface area (Å²) in [6.45, 7) is 0. The monoisotopic (exact) mass is 275 g/mol. The molecule has 0 aliphatic rings. The van der Waals surface area contributed by atoms with E-state index in [1.54, 1.807) is 24.3 Å². The maximum Gasteiger partial charge on any atom is 0.134 e. The molecule has 3 rings (SSSR count). The molecule has 0 aliphatic carbocycles. The molecular formula is C17H13N3O. The first-order valence-corrected chi connectivity index (χ1v) is 6.51. The van der Waals surface area contributed by atoms with E-state index in [0.29, 0.717) is 11.4 Å². The number of nitrogens with zero attached hydrogens (tertiary/aromatic N) is 3. The molecule has 0 saturated heterocycles. The van der Waals surface area contributed by atoms with Gasteiger partial charge in [-0.3, -0.25) is 0 Å². The van der Waals surface area contributed by atoms with Crippen LogP contribution in [-0.4, -0.2) is 17.1 Å². The van der Waals surface area contributed by atoms with Gasteiger partial charge in [-0.2, -0.15) is 5.26 Å². The van der Waals surface area contributed by atoms with Gasteiger partial charge in [-0.25, -0.2) is 4.98 Å². The lowest BCUT2D eigenvalue weighted by Crippen LogP contribution is -2.11. The van der Waals surface area contributed by atoms with Crippen LogP contribution in [0.1, 0.15) is 5.56 Å². The predicted octanol–water partition coefficient (Wildman–Crippen LogP) is 3.58. The highest BCUT2D eigenvalue weighted by Crippen LogP contribution is 2.28. The third-order valence-electron chi connectivity index (χ3n) is 3.38. The summed E-state index contributed by atoms with van der Waals surface area (Å²) in [7, 11) is 1.85. The molecule has 0 bridgehead atoms. The molecule has 0 spiro atoms. The second-order valence-corrected chi connectivity index (χ2v) is 4.74. The lowest BCUT2D eigenvalue weighted by Gasteiger charge is -2.19. The van der Waals surface area contributed by atoms with Crippen LogP contribution < -0.4 is 4.90 Å². The minimum Gasteiger partial charge on any atom is -0.508 e. The van der Waals surface area contributed by atoms with Crippen LogP contribution in [0.5, 0.6) is 5.75 Å². The lowest BCUT2D eigenvalue weighted by molar-refractivity contribution is 0.475. The first kappa shape index (κ1) is 12.9. The number of pyridine rings is 1. The molecule has 21 heavy (non-hydrogen) atoms. The smallest absolute Gasteiger partial charge is 0.134 e. The Kier molecular flexibility index (Phi) is 3.17. The van der Waals surface area contributed by atoms with E-state index in [1.165, 1.54) is 0 Å². The Balaban J connectivity index is 2.14. The topological polar surface area (TPSA) is 60.1 Å². The molecule has 1 aromatic heterocycles. The van der Waals surface area contributed by atoms with Gasteiger partial charge < -0.3 is 10.0 Å². The number of anilines is 2. The number of aromatic nitrogens is 1. The van der Waals surface area contributed by atoms with Gasteiger partial charge in [0.25, 0.3) is 0 Å². The molecular weight excluding hydrogens is 262 g/mol. The highest BCUT2D eigenvalue weighted by Gasteiger charge is 2.10. The van der Waals surface area contributed by atoms with Crippen LogP contribution in [0.4, 0.5) is 11.5 Å². The SMILES string of the molecule is CN(c1cccc(O)c1)c1cc(C#N)c2ccccc2n1. The maximum absolute atomic E-state index is 9.58. The van der Waals surface area contributed by atoms with E-state index in [9.17, 15) is 10.4 Å². The Labute approximate surface area is 122 Å². The summed E-state index contributed by atoms with van der Waals surface area (Å²) >= 11 is 0. The molecule has 4 heteroatoms. The molecule has 2 aromatic carbocycles. The van der Waals surface area contributed by atoms with Gasteiger partial charge in [-0.1, -0.05) is 24.3 Å². The Morgan fingerprint density at radius 3 is 2.67 bits per heavy atom. The summed E-state index contributed by atoms with van der Waals surface area (Å²) in [6, 6.07) is 18.5. The van der Waals surface area contributed by atoms with Crippen LogP contribution in [0, 0.1) is 11.3 Å². The molecule has 102 valence electrons. The lowest BCUT2D eigenvalue weighted by atomic mass is 10.1. The first-order chi connectivity index (χ1) is 10.2. The zero-order valence-corrected chi connectivity index (χ0v) is 11.5. The number of nitriles is 1. The highest BCUT2D eigenvalue weighted by atomic mass is 16.3. The Bertz CT molecular complexity index is 852. The van der Waals surface area contributed by atoms with Gasteiger partial charge in [0.2, 0.25) is 0 Å². The Hall–Kier alpha value is -3.06. The number of para-hydroxylation sites is 1. The van der Waals surface area contributed by atoms with Gasteiger partial charge in [0.05, 0.1) is 17.1 Å². The van der Waals surface area contributed by atoms with Crippen molar-refractivity contribution in [2.75, 3.05) is 11.9 Å². The van der Waals surface area contributed by atoms with E-state index >= 15 is 0 Å². The van der Waals surface area contributed by atoms with E-state index in [2.05, 4.69) is 11.1 Å². The van der Waals surface area contributed by atoms with Gasteiger partial charge in [0.15, 0.2) is 0 Å². The first-order valence-electron chi connectivity index (χ1n) is 6.51. The zero-order chi connectivity index (χ0) is 14.8. The number of rotatable bonds is 2. The zero-order valence-electron chi connectivity index (χ0n) is 11.5. The van der Waals surface area contributed by atoms with Crippen LogP contribution in [0.2, 0.25) is 0 Å². The fourth-order valence-electron chi connectivity index (χ4n) is 2.26. The summed E-state index contributed by atoms with van der Waals surface area (Å²) in [5.74, 6) is 0.858. The molecule has 3 aromatic rings. The number of phenolic OH excluding ortho intramolecular Hbond substituents is 1. The third kappa shape index (κ3) is 2.37. The largest absolute Gasteiger partial charge is 0.508 e. The Morgan fingerprint density at radius 2 is 1.90 bits per heavy atom. The molecule has 1 N–H and O–H groups in total. The van der Waals surface area contributed by atoms with Crippen LogP contribution in [0.15, 0.2) is 54.6 Å². The molecule has 0 fully saturated rings. The van der Waals surface area contributed by atoms with E-state index in [1.807, 2.05) is 42.3 Å². The second kappa shape index (κ2) is 5.14. The number of hydrogen-bond donors (Lipinski definition) is 1. The van der Waals surface area contributed by atoms with Crippen molar-refractivity contribution in [3.8, 4) is 11.8 Å². The standard InChI is InChI=1S/C17H13N3O/c1-20(13-5-4-6-14(21)10-13)17-9-12(11-18)15-7-2-3-8-16(15)19-17/h2-10,21H,1H3. The number of fused-ring (bicyclic) bond motifs is 1. The number of phenols is 1. The van der Waals surface area contributed by atoms with Crippen LogP contribution in [-0.2, 0) is 0 Å². The van der Waals surface area contributed by atoms with Crippen molar-refractivity contribution in [1.82, 2.24) is 4.98 Å². The van der Waals surface area contributed by atoms with Gasteiger partial charge in [0, 0.05) is 24.2 Å². The minimum atomic E-state index is 0.195. The van der Waals surface area contributed by atoms with Crippen molar-refractivity contribution in [1.29, 1.82) is 5.26 Å². The van der Waals surface area contributed by atoms with Crippen molar-refractivity contribution in [2.45, 2.75) is 0 Å². The number of benzene rings is 2. The van der Waals surface area contributed by atoms with Crippen LogP contribution >= 0.6 is 0 Å². The fraction of sp³-hybridized carbons (Fsp3) is 0.0588. The minimum absolute atomic E-state index is 0.195. The summed E-state index contributed by atoms with van der Waals surface area (Å²) < 4.78 is 0. The van der Waals surface area contributed by atoms with Gasteiger partial charge in [-0.05, 0) is 24.3 Å². The van der Waals surface area contributed by atoms with Crippen molar-refractivity contribution in [2.24, 2.45) is 0 Å². The van der Waals surface area contributed by atoms with Crippen molar-refractivity contribution < 1.29 is 5.11 Å². The average Bonchev–Trinajstić information content (AvgIpc) is 2.53. The summed E-state index contributed by atoms with van der Waals surface area (Å²) in [5, 5.41) is 19.7. The molecule has 0 atom stereocenters. The van der Waals surface area contributed by atoms with Crippen molar-refractivity contribution in [3.05, 3.63) is 60.2 Å². The third-order valence-corrected chi connectivity index (χ3v) is 3.38. The quantitative estimate of drug-likeness (QED) is 0.776. The molecule has 4 nitrogen and oxygen atoms in total. The summed E-state index contributed by atoms with van der Waals surface area (Å²) in [6.07, 6.45) is 0. The molecule has 0 amide bonds. The van der Waals surface area contributed by atoms with E-state index in [4.69, 9.17) is 0 Å². The van der Waals surface area contributed by atoms with Crippen molar-refractivity contribution in [3.63, 3.8) is 0 Å². The van der Waals surface area contributed by atoms with Gasteiger partial charge in [0.1, 0.15) is 11.6 Å². The van der Waals surface area contributed by atoms with E-state index < -0.39 is 0 Å². The van der Waals surface area contributed by atoms with Crippen molar-refractivity contribution >= 4 is 22.4 Å². The normalized spacial score (nSPS) is 10.3. The summed E-state index contributed by atoms with van der Waals surface area (Å²) in [4.78, 5) is 6.42. The Morgan fingerprint density at radius 1 is 1.10 bits per heavy atom. The summed E-state index contributed by atoms with van der Waals surface area (Å²) in [5.41, 5.74) is 2.17. The maximum atomic E-state index is 9.58. The molecule has 0 unspecified atom stereocenters. The molecule has 1 heterocycles.